The molecule has 0 aromatic heterocycles. The first-order valence-corrected chi connectivity index (χ1v) is 6.69. The van der Waals surface area contributed by atoms with Crippen molar-refractivity contribution in [1.82, 2.24) is 10.9 Å². The number of nitrogens with one attached hydrogen (secondary N) is 2. The highest BCUT2D eigenvalue weighted by Gasteiger charge is 2.23. The minimum atomic E-state index is -0.476. The number of carbonyl (C=O) groups excluding carboxylic acids is 1. The van der Waals surface area contributed by atoms with Gasteiger partial charge in [0.25, 0.3) is 0 Å². The van der Waals surface area contributed by atoms with E-state index in [1.807, 2.05) is 20.8 Å². The lowest BCUT2D eigenvalue weighted by Gasteiger charge is -2.21. The van der Waals surface area contributed by atoms with Gasteiger partial charge < -0.3 is 4.74 Å². The number of rotatable bonds is 2. The zero-order chi connectivity index (χ0) is 14.0. The van der Waals surface area contributed by atoms with Crippen molar-refractivity contribution in [3.63, 3.8) is 0 Å². The van der Waals surface area contributed by atoms with Gasteiger partial charge in [-0.25, -0.2) is 10.2 Å². The maximum atomic E-state index is 11.6. The molecule has 0 radical (unpaired) electrons. The van der Waals surface area contributed by atoms with Crippen LogP contribution in [0.3, 0.4) is 0 Å². The van der Waals surface area contributed by atoms with Gasteiger partial charge in [0.15, 0.2) is 0 Å². The molecule has 1 amide bonds. The Balaban J connectivity index is 1.93. The third-order valence-electron chi connectivity index (χ3n) is 3.13. The highest BCUT2D eigenvalue weighted by atomic mass is 16.6. The maximum Gasteiger partial charge on any atom is 0.422 e. The molecule has 0 saturated heterocycles. The lowest BCUT2D eigenvalue weighted by Crippen LogP contribution is -2.42. The molecule has 4 nitrogen and oxygen atoms in total. The number of amides is 1. The van der Waals surface area contributed by atoms with E-state index < -0.39 is 11.7 Å². The van der Waals surface area contributed by atoms with Crippen LogP contribution in [-0.4, -0.2) is 11.7 Å². The second-order valence-electron chi connectivity index (χ2n) is 6.06. The summed E-state index contributed by atoms with van der Waals surface area (Å²) in [6, 6.07) is 6.64. The van der Waals surface area contributed by atoms with Crippen LogP contribution in [-0.2, 0) is 11.2 Å². The van der Waals surface area contributed by atoms with Crippen molar-refractivity contribution in [2.45, 2.75) is 52.2 Å². The summed E-state index contributed by atoms with van der Waals surface area (Å²) in [6.07, 6.45) is 1.60. The second-order valence-corrected chi connectivity index (χ2v) is 6.06. The third-order valence-corrected chi connectivity index (χ3v) is 3.13. The number of carbonyl (C=O) groups is 1. The second kappa shape index (κ2) is 5.21. The molecule has 2 N–H and O–H groups in total. The summed E-state index contributed by atoms with van der Waals surface area (Å²) in [5, 5.41) is 0. The highest BCUT2D eigenvalue weighted by Crippen LogP contribution is 2.31. The molecule has 1 aromatic rings. The average Bonchev–Trinajstić information content (AvgIpc) is 2.66. The molecule has 0 saturated carbocycles. The van der Waals surface area contributed by atoms with E-state index in [0.717, 1.165) is 12.8 Å². The molecule has 4 heteroatoms. The van der Waals surface area contributed by atoms with Crippen LogP contribution in [0.15, 0.2) is 18.2 Å². The molecule has 0 heterocycles. The summed E-state index contributed by atoms with van der Waals surface area (Å²) in [5.41, 5.74) is 9.09. The molecule has 0 bridgehead atoms. The van der Waals surface area contributed by atoms with E-state index in [1.165, 1.54) is 16.7 Å². The number of fused-ring (bicyclic) bond motifs is 1. The Hall–Kier alpha value is -1.55. The van der Waals surface area contributed by atoms with Gasteiger partial charge in [0.05, 0.1) is 6.04 Å². The van der Waals surface area contributed by atoms with E-state index in [4.69, 9.17) is 4.74 Å². The third kappa shape index (κ3) is 3.70. The predicted octanol–water partition coefficient (Wildman–Crippen LogP) is 3.01. The normalized spacial score (nSPS) is 18.0. The predicted molar refractivity (Wildman–Crippen MR) is 74.7 cm³/mol. The van der Waals surface area contributed by atoms with Gasteiger partial charge in [-0.1, -0.05) is 23.8 Å². The summed E-state index contributed by atoms with van der Waals surface area (Å²) in [7, 11) is 0. The molecule has 2 rings (SSSR count). The molecule has 1 aliphatic rings. The van der Waals surface area contributed by atoms with Crippen LogP contribution in [0.25, 0.3) is 0 Å². The Morgan fingerprint density at radius 2 is 2.11 bits per heavy atom. The molecule has 0 aliphatic heterocycles. The summed E-state index contributed by atoms with van der Waals surface area (Å²) in [4.78, 5) is 11.6. The van der Waals surface area contributed by atoms with Gasteiger partial charge >= 0.3 is 6.09 Å². The van der Waals surface area contributed by atoms with Crippen LogP contribution < -0.4 is 10.9 Å². The number of ether oxygens (including phenoxy) is 1. The largest absolute Gasteiger partial charge is 0.443 e. The van der Waals surface area contributed by atoms with Crippen LogP contribution >= 0.6 is 0 Å². The Morgan fingerprint density at radius 1 is 1.37 bits per heavy atom. The standard InChI is InChI=1S/C15H22N2O2/c1-10-5-6-11-7-8-13(12(11)9-10)16-17-14(18)19-15(2,3)4/h5-6,9,13,16H,7-8H2,1-4H3,(H,17,18). The number of benzene rings is 1. The van der Waals surface area contributed by atoms with Gasteiger partial charge in [0.2, 0.25) is 0 Å². The van der Waals surface area contributed by atoms with Crippen molar-refractivity contribution in [3.05, 3.63) is 34.9 Å². The minimum absolute atomic E-state index is 0.169. The van der Waals surface area contributed by atoms with Gasteiger partial charge in [-0.3, -0.25) is 5.43 Å². The summed E-state index contributed by atoms with van der Waals surface area (Å²) in [5.74, 6) is 0. The molecule has 0 spiro atoms. The fourth-order valence-electron chi connectivity index (χ4n) is 2.32. The Kier molecular flexibility index (Phi) is 3.80. The SMILES string of the molecule is Cc1ccc2c(c1)C(NNC(=O)OC(C)(C)C)CC2. The average molecular weight is 262 g/mol. The molecule has 1 aliphatic carbocycles. The van der Waals surface area contributed by atoms with E-state index >= 15 is 0 Å². The quantitative estimate of drug-likeness (QED) is 0.805. The van der Waals surface area contributed by atoms with E-state index in [0.29, 0.717) is 0 Å². The highest BCUT2D eigenvalue weighted by molar-refractivity contribution is 5.67. The van der Waals surface area contributed by atoms with E-state index in [2.05, 4.69) is 36.0 Å². The fraction of sp³-hybridized carbons (Fsp3) is 0.533. The summed E-state index contributed by atoms with van der Waals surface area (Å²) >= 11 is 0. The number of hydrazine groups is 1. The molecule has 104 valence electrons. The van der Waals surface area contributed by atoms with Crippen molar-refractivity contribution in [1.29, 1.82) is 0 Å². The van der Waals surface area contributed by atoms with Crippen LogP contribution in [0.2, 0.25) is 0 Å². The van der Waals surface area contributed by atoms with Crippen LogP contribution in [0.1, 0.15) is 49.9 Å². The lowest BCUT2D eigenvalue weighted by atomic mass is 10.1. The zero-order valence-electron chi connectivity index (χ0n) is 12.0. The van der Waals surface area contributed by atoms with Crippen molar-refractivity contribution in [2.24, 2.45) is 0 Å². The Labute approximate surface area is 114 Å². The van der Waals surface area contributed by atoms with Crippen LogP contribution in [0.5, 0.6) is 0 Å². The van der Waals surface area contributed by atoms with E-state index in [1.54, 1.807) is 0 Å². The number of hydrogen-bond acceptors (Lipinski definition) is 3. The summed E-state index contributed by atoms with van der Waals surface area (Å²) < 4.78 is 5.20. The Morgan fingerprint density at radius 3 is 2.79 bits per heavy atom. The van der Waals surface area contributed by atoms with Crippen LogP contribution in [0.4, 0.5) is 4.79 Å². The smallest absolute Gasteiger partial charge is 0.422 e. The maximum absolute atomic E-state index is 11.6. The van der Waals surface area contributed by atoms with Gasteiger partial charge in [-0.15, -0.1) is 0 Å². The molecule has 1 atom stereocenters. The van der Waals surface area contributed by atoms with E-state index in [9.17, 15) is 4.79 Å². The fourth-order valence-corrected chi connectivity index (χ4v) is 2.32. The van der Waals surface area contributed by atoms with Crippen molar-refractivity contribution in [3.8, 4) is 0 Å². The van der Waals surface area contributed by atoms with Crippen molar-refractivity contribution < 1.29 is 9.53 Å². The number of aryl methyl sites for hydroxylation is 2. The first-order valence-electron chi connectivity index (χ1n) is 6.69. The van der Waals surface area contributed by atoms with Crippen molar-refractivity contribution >= 4 is 6.09 Å². The lowest BCUT2D eigenvalue weighted by molar-refractivity contribution is 0.0487. The number of hydrogen-bond donors (Lipinski definition) is 2. The first-order chi connectivity index (χ1) is 8.85. The zero-order valence-corrected chi connectivity index (χ0v) is 12.0. The van der Waals surface area contributed by atoms with Crippen LogP contribution in [0, 0.1) is 6.92 Å². The molecule has 1 aromatic carbocycles. The minimum Gasteiger partial charge on any atom is -0.443 e. The summed E-state index contributed by atoms with van der Waals surface area (Å²) in [6.45, 7) is 7.62. The molecular weight excluding hydrogens is 240 g/mol. The van der Waals surface area contributed by atoms with Gasteiger partial charge in [-0.05, 0) is 51.7 Å². The van der Waals surface area contributed by atoms with Gasteiger partial charge in [-0.2, -0.15) is 0 Å². The topological polar surface area (TPSA) is 50.4 Å². The van der Waals surface area contributed by atoms with Gasteiger partial charge in [0.1, 0.15) is 5.60 Å². The molecular formula is C15H22N2O2. The molecule has 1 unspecified atom stereocenters. The van der Waals surface area contributed by atoms with Crippen molar-refractivity contribution in [2.75, 3.05) is 0 Å². The first kappa shape index (κ1) is 13.9. The Bertz CT molecular complexity index is 478. The molecule has 19 heavy (non-hydrogen) atoms. The van der Waals surface area contributed by atoms with E-state index in [-0.39, 0.29) is 6.04 Å². The molecule has 0 fully saturated rings. The van der Waals surface area contributed by atoms with Gasteiger partial charge in [0, 0.05) is 0 Å². The monoisotopic (exact) mass is 262 g/mol.